The molecule has 2 amide bonds. The number of rotatable bonds is 7. The molecule has 0 radical (unpaired) electrons. The van der Waals surface area contributed by atoms with Crippen molar-refractivity contribution in [2.45, 2.75) is 57.2 Å². The Labute approximate surface area is 169 Å². The fourth-order valence-electron chi connectivity index (χ4n) is 3.32. The number of thioether (sulfide) groups is 1. The lowest BCUT2D eigenvalue weighted by atomic mass is 9.96. The molecule has 1 aliphatic rings. The summed E-state index contributed by atoms with van der Waals surface area (Å²) in [5.41, 5.74) is 1.33. The summed E-state index contributed by atoms with van der Waals surface area (Å²) in [6.07, 6.45) is 3.61. The molecule has 1 aromatic heterocycles. The SMILES string of the molecule is Cc1ccc(NC(=O)CSC(C)C(=O)NC2(c3noc(C)n3)CCCC2)cc1. The molecule has 1 heterocycles. The topological polar surface area (TPSA) is 97.1 Å². The molecule has 1 aromatic carbocycles. The Kier molecular flexibility index (Phi) is 6.39. The third-order valence-corrected chi connectivity index (χ3v) is 6.09. The van der Waals surface area contributed by atoms with Gasteiger partial charge in [-0.25, -0.2) is 0 Å². The number of hydrogen-bond acceptors (Lipinski definition) is 6. The van der Waals surface area contributed by atoms with E-state index < -0.39 is 5.54 Å². The fraction of sp³-hybridized carbons (Fsp3) is 0.500. The molecule has 1 aliphatic carbocycles. The second-order valence-electron chi connectivity index (χ2n) is 7.28. The molecule has 1 atom stereocenters. The quantitative estimate of drug-likeness (QED) is 0.737. The number of nitrogens with zero attached hydrogens (tertiary/aromatic N) is 2. The highest BCUT2D eigenvalue weighted by molar-refractivity contribution is 8.01. The molecular weight excluding hydrogens is 376 g/mol. The van der Waals surface area contributed by atoms with Crippen LogP contribution in [0.1, 0.15) is 49.9 Å². The molecule has 2 N–H and O–H groups in total. The summed E-state index contributed by atoms with van der Waals surface area (Å²) in [7, 11) is 0. The first-order valence-electron chi connectivity index (χ1n) is 9.49. The summed E-state index contributed by atoms with van der Waals surface area (Å²) in [5.74, 6) is 1.00. The van der Waals surface area contributed by atoms with Crippen LogP contribution in [0.4, 0.5) is 5.69 Å². The number of anilines is 1. The number of aryl methyl sites for hydroxylation is 2. The van der Waals surface area contributed by atoms with Crippen molar-refractivity contribution in [2.24, 2.45) is 0 Å². The van der Waals surface area contributed by atoms with Gasteiger partial charge in [-0.3, -0.25) is 9.59 Å². The van der Waals surface area contributed by atoms with Crippen molar-refractivity contribution in [3.05, 3.63) is 41.5 Å². The van der Waals surface area contributed by atoms with E-state index in [1.165, 1.54) is 11.8 Å². The average molecular weight is 403 g/mol. The maximum Gasteiger partial charge on any atom is 0.234 e. The molecule has 8 heteroatoms. The first-order chi connectivity index (χ1) is 13.4. The highest BCUT2D eigenvalue weighted by Crippen LogP contribution is 2.37. The average Bonchev–Trinajstić information content (AvgIpc) is 3.31. The molecule has 150 valence electrons. The first kappa shape index (κ1) is 20.4. The Morgan fingerprint density at radius 1 is 1.21 bits per heavy atom. The second kappa shape index (κ2) is 8.77. The van der Waals surface area contributed by atoms with Crippen LogP contribution in [0.2, 0.25) is 0 Å². The lowest BCUT2D eigenvalue weighted by Crippen LogP contribution is -2.47. The van der Waals surface area contributed by atoms with Gasteiger partial charge < -0.3 is 15.2 Å². The van der Waals surface area contributed by atoms with E-state index in [2.05, 4.69) is 20.8 Å². The molecule has 0 aliphatic heterocycles. The maximum absolute atomic E-state index is 12.7. The van der Waals surface area contributed by atoms with Crippen LogP contribution in [-0.2, 0) is 15.1 Å². The lowest BCUT2D eigenvalue weighted by molar-refractivity contribution is -0.122. The van der Waals surface area contributed by atoms with Gasteiger partial charge in [0.25, 0.3) is 0 Å². The zero-order valence-corrected chi connectivity index (χ0v) is 17.3. The summed E-state index contributed by atoms with van der Waals surface area (Å²) in [6.45, 7) is 5.55. The summed E-state index contributed by atoms with van der Waals surface area (Å²) in [4.78, 5) is 29.2. The molecule has 2 aromatic rings. The van der Waals surface area contributed by atoms with Gasteiger partial charge in [-0.2, -0.15) is 4.98 Å². The summed E-state index contributed by atoms with van der Waals surface area (Å²) < 4.78 is 5.12. The molecule has 7 nitrogen and oxygen atoms in total. The number of carbonyl (C=O) groups is 2. The predicted octanol–water partition coefficient (Wildman–Crippen LogP) is 3.33. The zero-order chi connectivity index (χ0) is 20.1. The van der Waals surface area contributed by atoms with Crippen LogP contribution in [-0.4, -0.2) is 33.0 Å². The standard InChI is InChI=1S/C20H26N4O3S/c1-13-6-8-16(9-7-13)22-17(25)12-28-14(2)18(26)23-20(10-4-5-11-20)19-21-15(3)27-24-19/h6-9,14H,4-5,10-12H2,1-3H3,(H,22,25)(H,23,26). The predicted molar refractivity (Wildman–Crippen MR) is 109 cm³/mol. The van der Waals surface area contributed by atoms with Crippen molar-refractivity contribution in [3.63, 3.8) is 0 Å². The smallest absolute Gasteiger partial charge is 0.234 e. The monoisotopic (exact) mass is 402 g/mol. The number of hydrogen-bond donors (Lipinski definition) is 2. The van der Waals surface area contributed by atoms with E-state index in [0.29, 0.717) is 11.7 Å². The Hall–Kier alpha value is -2.35. The van der Waals surface area contributed by atoms with Gasteiger partial charge in [0.05, 0.1) is 11.0 Å². The third kappa shape index (κ3) is 4.92. The van der Waals surface area contributed by atoms with Crippen molar-refractivity contribution < 1.29 is 14.1 Å². The summed E-state index contributed by atoms with van der Waals surface area (Å²) >= 11 is 1.31. The number of benzene rings is 1. The molecular formula is C20H26N4O3S. The number of nitrogens with one attached hydrogen (secondary N) is 2. The largest absolute Gasteiger partial charge is 0.342 e. The molecule has 0 saturated heterocycles. The maximum atomic E-state index is 12.7. The van der Waals surface area contributed by atoms with Crippen LogP contribution in [0.3, 0.4) is 0 Å². The number of amides is 2. The van der Waals surface area contributed by atoms with E-state index in [1.54, 1.807) is 6.92 Å². The minimum absolute atomic E-state index is 0.113. The van der Waals surface area contributed by atoms with E-state index in [1.807, 2.05) is 38.1 Å². The Morgan fingerprint density at radius 3 is 2.50 bits per heavy atom. The molecule has 1 unspecified atom stereocenters. The van der Waals surface area contributed by atoms with Crippen LogP contribution in [0.5, 0.6) is 0 Å². The molecule has 1 fully saturated rings. The molecule has 28 heavy (non-hydrogen) atoms. The van der Waals surface area contributed by atoms with Crippen molar-refractivity contribution >= 4 is 29.3 Å². The van der Waals surface area contributed by atoms with Gasteiger partial charge in [0.2, 0.25) is 17.7 Å². The molecule has 0 bridgehead atoms. The van der Waals surface area contributed by atoms with Crippen LogP contribution >= 0.6 is 11.8 Å². The Bertz CT molecular complexity index is 828. The minimum Gasteiger partial charge on any atom is -0.342 e. The Morgan fingerprint density at radius 2 is 1.89 bits per heavy atom. The third-order valence-electron chi connectivity index (χ3n) is 4.94. The van der Waals surface area contributed by atoms with Crippen molar-refractivity contribution in [2.75, 3.05) is 11.1 Å². The molecule has 1 saturated carbocycles. The van der Waals surface area contributed by atoms with Crippen LogP contribution in [0.25, 0.3) is 0 Å². The normalized spacial score (nSPS) is 16.5. The van der Waals surface area contributed by atoms with Gasteiger partial charge in [0.15, 0.2) is 5.82 Å². The van der Waals surface area contributed by atoms with Crippen LogP contribution in [0, 0.1) is 13.8 Å². The number of carbonyl (C=O) groups excluding carboxylic acids is 2. The summed E-state index contributed by atoms with van der Waals surface area (Å²) in [5, 5.41) is 9.65. The van der Waals surface area contributed by atoms with Crippen LogP contribution < -0.4 is 10.6 Å². The van der Waals surface area contributed by atoms with Crippen molar-refractivity contribution in [1.82, 2.24) is 15.5 Å². The Balaban J connectivity index is 1.53. The second-order valence-corrected chi connectivity index (χ2v) is 8.61. The summed E-state index contributed by atoms with van der Waals surface area (Å²) in [6, 6.07) is 7.62. The van der Waals surface area contributed by atoms with Crippen LogP contribution in [0.15, 0.2) is 28.8 Å². The van der Waals surface area contributed by atoms with Crippen molar-refractivity contribution in [3.8, 4) is 0 Å². The van der Waals surface area contributed by atoms with Gasteiger partial charge in [-0.1, -0.05) is 35.7 Å². The minimum atomic E-state index is -0.562. The number of aromatic nitrogens is 2. The zero-order valence-electron chi connectivity index (χ0n) is 16.4. The van der Waals surface area contributed by atoms with E-state index in [0.717, 1.165) is 36.9 Å². The van der Waals surface area contributed by atoms with Gasteiger partial charge in [0.1, 0.15) is 5.54 Å². The highest BCUT2D eigenvalue weighted by Gasteiger charge is 2.41. The van der Waals surface area contributed by atoms with Gasteiger partial charge in [0, 0.05) is 12.6 Å². The first-order valence-corrected chi connectivity index (χ1v) is 10.5. The lowest BCUT2D eigenvalue weighted by Gasteiger charge is -2.28. The molecule has 0 spiro atoms. The fourth-order valence-corrected chi connectivity index (χ4v) is 4.01. The van der Waals surface area contributed by atoms with Gasteiger partial charge >= 0.3 is 0 Å². The van der Waals surface area contributed by atoms with E-state index in [9.17, 15) is 9.59 Å². The highest BCUT2D eigenvalue weighted by atomic mass is 32.2. The molecule has 3 rings (SSSR count). The van der Waals surface area contributed by atoms with Crippen molar-refractivity contribution in [1.29, 1.82) is 0 Å². The van der Waals surface area contributed by atoms with E-state index in [4.69, 9.17) is 4.52 Å². The van der Waals surface area contributed by atoms with E-state index >= 15 is 0 Å². The van der Waals surface area contributed by atoms with Gasteiger partial charge in [-0.05, 0) is 38.8 Å². The van der Waals surface area contributed by atoms with Gasteiger partial charge in [-0.15, -0.1) is 11.8 Å². The van der Waals surface area contributed by atoms with E-state index in [-0.39, 0.29) is 22.8 Å².